The van der Waals surface area contributed by atoms with Gasteiger partial charge in [0.15, 0.2) is 0 Å². The minimum Gasteiger partial charge on any atom is -0.406 e. The fourth-order valence-electron chi connectivity index (χ4n) is 1.84. The maximum atomic E-state index is 12.1. The number of imidazole rings is 1. The number of nitrogens with one attached hydrogen (secondary N) is 1. The quantitative estimate of drug-likeness (QED) is 0.900. The van der Waals surface area contributed by atoms with Crippen LogP contribution in [-0.4, -0.2) is 15.9 Å². The predicted octanol–water partition coefficient (Wildman–Crippen LogP) is 4.18. The molecule has 0 amide bonds. The predicted molar refractivity (Wildman–Crippen MR) is 73.5 cm³/mol. The van der Waals surface area contributed by atoms with E-state index in [4.69, 9.17) is 0 Å². The largest absolute Gasteiger partial charge is 0.573 e. The Bertz CT molecular complexity index is 576. The van der Waals surface area contributed by atoms with Crippen LogP contribution in [0.5, 0.6) is 5.75 Å². The number of hydrogen-bond acceptors (Lipinski definition) is 3. The highest BCUT2D eigenvalue weighted by molar-refractivity contribution is 5.54. The number of anilines is 2. The molecule has 2 aromatic rings. The lowest BCUT2D eigenvalue weighted by molar-refractivity contribution is -0.274. The molecule has 0 unspecified atom stereocenters. The monoisotopic (exact) mass is 299 g/mol. The molecule has 0 saturated carbocycles. The molecule has 0 aliphatic rings. The average molecular weight is 299 g/mol. The van der Waals surface area contributed by atoms with Gasteiger partial charge in [-0.2, -0.15) is 0 Å². The molecule has 0 radical (unpaired) electrons. The molecule has 1 heterocycles. The highest BCUT2D eigenvalue weighted by Gasteiger charge is 2.30. The Balaban J connectivity index is 2.05. The summed E-state index contributed by atoms with van der Waals surface area (Å²) >= 11 is 0. The number of rotatable bonds is 5. The van der Waals surface area contributed by atoms with E-state index in [1.54, 1.807) is 6.20 Å². The Morgan fingerprint density at radius 1 is 1.24 bits per heavy atom. The van der Waals surface area contributed by atoms with E-state index < -0.39 is 6.36 Å². The summed E-state index contributed by atoms with van der Waals surface area (Å²) in [7, 11) is 0. The first-order valence-electron chi connectivity index (χ1n) is 6.47. The SMILES string of the molecule is CC(C)Cn1ccnc1Nc1ccc(OC(F)(F)F)cc1. The number of aromatic nitrogens is 2. The lowest BCUT2D eigenvalue weighted by Crippen LogP contribution is -2.17. The van der Waals surface area contributed by atoms with Crippen molar-refractivity contribution in [3.63, 3.8) is 0 Å². The van der Waals surface area contributed by atoms with Gasteiger partial charge in [-0.05, 0) is 30.2 Å². The molecule has 0 aliphatic carbocycles. The van der Waals surface area contributed by atoms with Crippen molar-refractivity contribution in [1.29, 1.82) is 0 Å². The maximum absolute atomic E-state index is 12.1. The molecule has 7 heteroatoms. The van der Waals surface area contributed by atoms with Crippen molar-refractivity contribution in [3.05, 3.63) is 36.7 Å². The molecule has 0 saturated heterocycles. The molecular weight excluding hydrogens is 283 g/mol. The minimum absolute atomic E-state index is 0.251. The molecule has 114 valence electrons. The van der Waals surface area contributed by atoms with Crippen molar-refractivity contribution in [2.24, 2.45) is 5.92 Å². The summed E-state index contributed by atoms with van der Waals surface area (Å²) in [5.74, 6) is 0.856. The molecule has 4 nitrogen and oxygen atoms in total. The molecule has 2 rings (SSSR count). The van der Waals surface area contributed by atoms with Crippen molar-refractivity contribution in [2.75, 3.05) is 5.32 Å². The van der Waals surface area contributed by atoms with Gasteiger partial charge in [0.05, 0.1) is 0 Å². The second-order valence-electron chi connectivity index (χ2n) is 4.99. The van der Waals surface area contributed by atoms with Crippen molar-refractivity contribution in [2.45, 2.75) is 26.8 Å². The highest BCUT2D eigenvalue weighted by atomic mass is 19.4. The normalized spacial score (nSPS) is 11.7. The van der Waals surface area contributed by atoms with Gasteiger partial charge in [0.25, 0.3) is 0 Å². The van der Waals surface area contributed by atoms with Gasteiger partial charge >= 0.3 is 6.36 Å². The van der Waals surface area contributed by atoms with Crippen molar-refractivity contribution >= 4 is 11.6 Å². The molecule has 1 aromatic heterocycles. The third-order valence-electron chi connectivity index (χ3n) is 2.62. The highest BCUT2D eigenvalue weighted by Crippen LogP contribution is 2.25. The van der Waals surface area contributed by atoms with Gasteiger partial charge in [0.2, 0.25) is 5.95 Å². The molecule has 0 bridgehead atoms. The Labute approximate surface area is 120 Å². The van der Waals surface area contributed by atoms with E-state index in [2.05, 4.69) is 28.9 Å². The van der Waals surface area contributed by atoms with E-state index in [1.807, 2.05) is 10.8 Å². The van der Waals surface area contributed by atoms with E-state index >= 15 is 0 Å². The number of benzene rings is 1. The van der Waals surface area contributed by atoms with E-state index in [1.165, 1.54) is 24.3 Å². The summed E-state index contributed by atoms with van der Waals surface area (Å²) in [5, 5.41) is 3.06. The molecule has 1 aromatic carbocycles. The smallest absolute Gasteiger partial charge is 0.406 e. The standard InChI is InChI=1S/C14H16F3N3O/c1-10(2)9-20-8-7-18-13(20)19-11-3-5-12(6-4-11)21-14(15,16)17/h3-8,10H,9H2,1-2H3,(H,18,19). The Morgan fingerprint density at radius 2 is 1.90 bits per heavy atom. The minimum atomic E-state index is -4.68. The summed E-state index contributed by atoms with van der Waals surface area (Å²) in [6, 6.07) is 5.53. The topological polar surface area (TPSA) is 39.1 Å². The van der Waals surface area contributed by atoms with Crippen LogP contribution < -0.4 is 10.1 Å². The van der Waals surface area contributed by atoms with E-state index in [-0.39, 0.29) is 5.75 Å². The fourth-order valence-corrected chi connectivity index (χ4v) is 1.84. The Morgan fingerprint density at radius 3 is 2.48 bits per heavy atom. The van der Waals surface area contributed by atoms with Crippen molar-refractivity contribution < 1.29 is 17.9 Å². The molecule has 1 N–H and O–H groups in total. The van der Waals surface area contributed by atoms with Crippen LogP contribution in [0.4, 0.5) is 24.8 Å². The number of alkyl halides is 3. The lowest BCUT2D eigenvalue weighted by atomic mass is 10.2. The first-order valence-corrected chi connectivity index (χ1v) is 6.47. The fraction of sp³-hybridized carbons (Fsp3) is 0.357. The van der Waals surface area contributed by atoms with Crippen LogP contribution in [0, 0.1) is 5.92 Å². The Hall–Kier alpha value is -2.18. The zero-order chi connectivity index (χ0) is 15.5. The number of halogens is 3. The van der Waals surface area contributed by atoms with Crippen LogP contribution >= 0.6 is 0 Å². The zero-order valence-electron chi connectivity index (χ0n) is 11.7. The molecule has 0 fully saturated rings. The summed E-state index contributed by atoms with van der Waals surface area (Å²) in [6.07, 6.45) is -1.15. The van der Waals surface area contributed by atoms with Gasteiger partial charge in [-0.1, -0.05) is 13.8 Å². The lowest BCUT2D eigenvalue weighted by Gasteiger charge is -2.12. The number of ether oxygens (including phenoxy) is 1. The van der Waals surface area contributed by atoms with Crippen LogP contribution in [0.2, 0.25) is 0 Å². The molecule has 0 atom stereocenters. The van der Waals surface area contributed by atoms with Crippen LogP contribution in [0.15, 0.2) is 36.7 Å². The van der Waals surface area contributed by atoms with E-state index in [9.17, 15) is 13.2 Å². The first-order chi connectivity index (χ1) is 9.83. The first kappa shape index (κ1) is 15.2. The average Bonchev–Trinajstić information content (AvgIpc) is 2.76. The van der Waals surface area contributed by atoms with E-state index in [0.29, 0.717) is 17.6 Å². The van der Waals surface area contributed by atoms with E-state index in [0.717, 1.165) is 6.54 Å². The molecular formula is C14H16F3N3O. The summed E-state index contributed by atoms with van der Waals surface area (Å²) in [5.41, 5.74) is 0.640. The maximum Gasteiger partial charge on any atom is 0.573 e. The summed E-state index contributed by atoms with van der Waals surface area (Å²) in [4.78, 5) is 4.19. The molecule has 0 aliphatic heterocycles. The van der Waals surface area contributed by atoms with Gasteiger partial charge in [-0.25, -0.2) is 4.98 Å². The number of nitrogens with zero attached hydrogens (tertiary/aromatic N) is 2. The van der Waals surface area contributed by atoms with Crippen LogP contribution in [0.25, 0.3) is 0 Å². The van der Waals surface area contributed by atoms with Crippen molar-refractivity contribution in [3.8, 4) is 5.75 Å². The second kappa shape index (κ2) is 6.07. The summed E-state index contributed by atoms with van der Waals surface area (Å²) < 4.78 is 42.0. The van der Waals surface area contributed by atoms with Crippen LogP contribution in [-0.2, 0) is 6.54 Å². The third-order valence-corrected chi connectivity index (χ3v) is 2.62. The van der Waals surface area contributed by atoms with Gasteiger partial charge < -0.3 is 14.6 Å². The van der Waals surface area contributed by atoms with Gasteiger partial charge in [0.1, 0.15) is 5.75 Å². The van der Waals surface area contributed by atoms with Crippen LogP contribution in [0.3, 0.4) is 0 Å². The molecule has 0 spiro atoms. The second-order valence-corrected chi connectivity index (χ2v) is 4.99. The van der Waals surface area contributed by atoms with Crippen molar-refractivity contribution in [1.82, 2.24) is 9.55 Å². The number of hydrogen-bond donors (Lipinski definition) is 1. The van der Waals surface area contributed by atoms with Gasteiger partial charge in [0, 0.05) is 24.6 Å². The Kier molecular flexibility index (Phi) is 4.40. The molecule has 21 heavy (non-hydrogen) atoms. The van der Waals surface area contributed by atoms with Gasteiger partial charge in [-0.15, -0.1) is 13.2 Å². The zero-order valence-corrected chi connectivity index (χ0v) is 11.7. The third kappa shape index (κ3) is 4.70. The summed E-state index contributed by atoms with van der Waals surface area (Å²) in [6.45, 7) is 4.98. The van der Waals surface area contributed by atoms with Gasteiger partial charge in [-0.3, -0.25) is 0 Å². The van der Waals surface area contributed by atoms with Crippen LogP contribution in [0.1, 0.15) is 13.8 Å².